The minimum Gasteiger partial charge on any atom is -0.506 e. The maximum absolute atomic E-state index is 9.99. The van der Waals surface area contributed by atoms with Crippen LogP contribution < -0.4 is 4.90 Å². The Kier molecular flexibility index (Phi) is 4.35. The summed E-state index contributed by atoms with van der Waals surface area (Å²) in [7, 11) is 0. The number of aromatic hydroxyl groups is 1. The van der Waals surface area contributed by atoms with Crippen LogP contribution in [0.25, 0.3) is 11.5 Å². The molecular formula is C19H20N4O2. The topological polar surface area (TPSA) is 65.6 Å². The summed E-state index contributed by atoms with van der Waals surface area (Å²) in [4.78, 5) is 4.49. The van der Waals surface area contributed by atoms with Crippen LogP contribution in [0.4, 0.5) is 5.69 Å². The highest BCUT2D eigenvalue weighted by Crippen LogP contribution is 2.27. The van der Waals surface area contributed by atoms with E-state index in [1.165, 1.54) is 0 Å². The van der Waals surface area contributed by atoms with Gasteiger partial charge in [-0.25, -0.2) is 0 Å². The molecule has 3 aromatic rings. The van der Waals surface area contributed by atoms with Crippen molar-refractivity contribution in [3.63, 3.8) is 0 Å². The first kappa shape index (κ1) is 15.7. The lowest BCUT2D eigenvalue weighted by Gasteiger charge is -2.35. The van der Waals surface area contributed by atoms with E-state index in [0.29, 0.717) is 24.1 Å². The molecule has 0 bridgehead atoms. The number of piperazine rings is 1. The maximum atomic E-state index is 9.99. The Morgan fingerprint density at radius 3 is 2.36 bits per heavy atom. The molecule has 25 heavy (non-hydrogen) atoms. The molecule has 1 aliphatic heterocycles. The van der Waals surface area contributed by atoms with Crippen LogP contribution in [0.1, 0.15) is 5.89 Å². The standard InChI is InChI=1S/C19H20N4O2/c24-17-9-5-4-8-16(17)23-12-10-22(11-13-23)14-18-20-21-19(25-18)15-6-2-1-3-7-15/h1-9,24H,10-14H2. The molecule has 6 nitrogen and oxygen atoms in total. The fourth-order valence-electron chi connectivity index (χ4n) is 3.08. The summed E-state index contributed by atoms with van der Waals surface area (Å²) < 4.78 is 5.79. The third-order valence-electron chi connectivity index (χ3n) is 4.44. The second-order valence-corrected chi connectivity index (χ2v) is 6.12. The van der Waals surface area contributed by atoms with E-state index in [1.54, 1.807) is 6.07 Å². The first-order valence-corrected chi connectivity index (χ1v) is 8.43. The fraction of sp³-hybridized carbons (Fsp3) is 0.263. The van der Waals surface area contributed by atoms with Gasteiger partial charge in [0, 0.05) is 31.7 Å². The second-order valence-electron chi connectivity index (χ2n) is 6.12. The van der Waals surface area contributed by atoms with Crippen molar-refractivity contribution in [3.8, 4) is 17.2 Å². The fourth-order valence-corrected chi connectivity index (χ4v) is 3.08. The Hall–Kier alpha value is -2.86. The minimum absolute atomic E-state index is 0.334. The lowest BCUT2D eigenvalue weighted by Crippen LogP contribution is -2.46. The van der Waals surface area contributed by atoms with Crippen molar-refractivity contribution < 1.29 is 9.52 Å². The lowest BCUT2D eigenvalue weighted by atomic mass is 10.2. The van der Waals surface area contributed by atoms with Crippen molar-refractivity contribution >= 4 is 5.69 Å². The van der Waals surface area contributed by atoms with Gasteiger partial charge >= 0.3 is 0 Å². The van der Waals surface area contributed by atoms with E-state index in [4.69, 9.17) is 4.42 Å². The van der Waals surface area contributed by atoms with E-state index >= 15 is 0 Å². The monoisotopic (exact) mass is 336 g/mol. The number of hydrogen-bond acceptors (Lipinski definition) is 6. The van der Waals surface area contributed by atoms with Gasteiger partial charge in [-0.1, -0.05) is 30.3 Å². The van der Waals surface area contributed by atoms with E-state index in [1.807, 2.05) is 48.5 Å². The summed E-state index contributed by atoms with van der Waals surface area (Å²) in [6, 6.07) is 17.3. The number of rotatable bonds is 4. The highest BCUT2D eigenvalue weighted by molar-refractivity contribution is 5.57. The molecule has 1 saturated heterocycles. The van der Waals surface area contributed by atoms with Crippen molar-refractivity contribution in [1.29, 1.82) is 0 Å². The third-order valence-corrected chi connectivity index (χ3v) is 4.44. The van der Waals surface area contributed by atoms with E-state index in [9.17, 15) is 5.11 Å². The van der Waals surface area contributed by atoms with Gasteiger partial charge < -0.3 is 14.4 Å². The van der Waals surface area contributed by atoms with Crippen LogP contribution in [0.15, 0.2) is 59.0 Å². The quantitative estimate of drug-likeness (QED) is 0.790. The Balaban J connectivity index is 1.36. The van der Waals surface area contributed by atoms with Crippen LogP contribution in [0.5, 0.6) is 5.75 Å². The van der Waals surface area contributed by atoms with Gasteiger partial charge in [0.15, 0.2) is 0 Å². The van der Waals surface area contributed by atoms with Crippen molar-refractivity contribution in [3.05, 3.63) is 60.5 Å². The van der Waals surface area contributed by atoms with Crippen molar-refractivity contribution in [2.75, 3.05) is 31.1 Å². The van der Waals surface area contributed by atoms with Crippen LogP contribution in [0.3, 0.4) is 0 Å². The number of phenolic OH excluding ortho intramolecular Hbond substituents is 1. The number of para-hydroxylation sites is 2. The van der Waals surface area contributed by atoms with Crippen molar-refractivity contribution in [2.45, 2.75) is 6.54 Å². The zero-order chi connectivity index (χ0) is 17.1. The van der Waals surface area contributed by atoms with Crippen molar-refractivity contribution in [1.82, 2.24) is 15.1 Å². The molecule has 6 heteroatoms. The van der Waals surface area contributed by atoms with Crippen LogP contribution in [-0.2, 0) is 6.54 Å². The summed E-state index contributed by atoms with van der Waals surface area (Å²) in [5, 5.41) is 18.3. The summed E-state index contributed by atoms with van der Waals surface area (Å²) in [5.74, 6) is 1.53. The average Bonchev–Trinajstić information content (AvgIpc) is 3.12. The molecule has 0 spiro atoms. The van der Waals surface area contributed by atoms with Gasteiger partial charge in [0.1, 0.15) is 5.75 Å². The number of phenols is 1. The highest BCUT2D eigenvalue weighted by atomic mass is 16.4. The number of hydrogen-bond donors (Lipinski definition) is 1. The molecule has 0 saturated carbocycles. The molecule has 0 aliphatic carbocycles. The number of nitrogens with zero attached hydrogens (tertiary/aromatic N) is 4. The molecule has 128 valence electrons. The number of aromatic nitrogens is 2. The van der Waals surface area contributed by atoms with Crippen LogP contribution in [0.2, 0.25) is 0 Å². The Morgan fingerprint density at radius 2 is 1.60 bits per heavy atom. The van der Waals surface area contributed by atoms with E-state index in [0.717, 1.165) is 37.4 Å². The molecule has 2 aromatic carbocycles. The zero-order valence-corrected chi connectivity index (χ0v) is 13.9. The average molecular weight is 336 g/mol. The molecule has 1 N–H and O–H groups in total. The summed E-state index contributed by atoms with van der Waals surface area (Å²) >= 11 is 0. The first-order valence-electron chi connectivity index (χ1n) is 8.43. The highest BCUT2D eigenvalue weighted by Gasteiger charge is 2.21. The lowest BCUT2D eigenvalue weighted by molar-refractivity contribution is 0.226. The van der Waals surface area contributed by atoms with Gasteiger partial charge in [-0.15, -0.1) is 10.2 Å². The number of anilines is 1. The molecule has 1 aromatic heterocycles. The Labute approximate surface area is 146 Å². The molecular weight excluding hydrogens is 316 g/mol. The maximum Gasteiger partial charge on any atom is 0.247 e. The van der Waals surface area contributed by atoms with Gasteiger partial charge in [0.25, 0.3) is 0 Å². The molecule has 4 rings (SSSR count). The molecule has 1 fully saturated rings. The minimum atomic E-state index is 0.334. The predicted octanol–water partition coefficient (Wildman–Crippen LogP) is 2.76. The predicted molar refractivity (Wildman–Crippen MR) is 95.3 cm³/mol. The second kappa shape index (κ2) is 6.94. The van der Waals surface area contributed by atoms with Crippen LogP contribution >= 0.6 is 0 Å². The molecule has 0 unspecified atom stereocenters. The molecule has 0 amide bonds. The normalized spacial score (nSPS) is 15.4. The first-order chi connectivity index (χ1) is 12.3. The summed E-state index contributed by atoms with van der Waals surface area (Å²) in [5.41, 5.74) is 1.83. The van der Waals surface area contributed by atoms with Gasteiger partial charge in [-0.05, 0) is 24.3 Å². The van der Waals surface area contributed by atoms with Gasteiger partial charge in [0.2, 0.25) is 11.8 Å². The van der Waals surface area contributed by atoms with E-state index < -0.39 is 0 Å². The van der Waals surface area contributed by atoms with Gasteiger partial charge in [0.05, 0.1) is 12.2 Å². The summed E-state index contributed by atoms with van der Waals surface area (Å²) in [6.45, 7) is 4.14. The Bertz CT molecular complexity index is 826. The molecule has 2 heterocycles. The van der Waals surface area contributed by atoms with Gasteiger partial charge in [-0.3, -0.25) is 4.90 Å². The zero-order valence-electron chi connectivity index (χ0n) is 13.9. The number of benzene rings is 2. The van der Waals surface area contributed by atoms with E-state index in [2.05, 4.69) is 20.0 Å². The van der Waals surface area contributed by atoms with E-state index in [-0.39, 0.29) is 0 Å². The van der Waals surface area contributed by atoms with Gasteiger partial charge in [-0.2, -0.15) is 0 Å². The smallest absolute Gasteiger partial charge is 0.247 e. The van der Waals surface area contributed by atoms with Crippen LogP contribution in [0, 0.1) is 0 Å². The SMILES string of the molecule is Oc1ccccc1N1CCN(Cc2nnc(-c3ccccc3)o2)CC1. The molecule has 0 atom stereocenters. The Morgan fingerprint density at radius 1 is 0.880 bits per heavy atom. The van der Waals surface area contributed by atoms with Crippen LogP contribution in [-0.4, -0.2) is 46.4 Å². The van der Waals surface area contributed by atoms with Crippen molar-refractivity contribution in [2.24, 2.45) is 0 Å². The molecule has 1 aliphatic rings. The summed E-state index contributed by atoms with van der Waals surface area (Å²) in [6.07, 6.45) is 0. The largest absolute Gasteiger partial charge is 0.506 e. The third kappa shape index (κ3) is 3.49. The molecule has 0 radical (unpaired) electrons.